The van der Waals surface area contributed by atoms with Crippen molar-refractivity contribution in [2.75, 3.05) is 33.3 Å². The van der Waals surface area contributed by atoms with Crippen molar-refractivity contribution in [3.8, 4) is 5.75 Å². The van der Waals surface area contributed by atoms with Gasteiger partial charge in [0.05, 0.1) is 45.8 Å². The lowest BCUT2D eigenvalue weighted by Gasteiger charge is -2.33. The molecule has 2 amide bonds. The second-order valence-corrected chi connectivity index (χ2v) is 7.52. The third kappa shape index (κ3) is 6.06. The maximum Gasteiger partial charge on any atom is 0.225 e. The van der Waals surface area contributed by atoms with Crippen molar-refractivity contribution in [1.29, 1.82) is 0 Å². The van der Waals surface area contributed by atoms with Crippen LogP contribution >= 0.6 is 0 Å². The average Bonchev–Trinajstić information content (AvgIpc) is 2.74. The minimum atomic E-state index is -0.286. The van der Waals surface area contributed by atoms with Crippen molar-refractivity contribution < 1.29 is 19.2 Å². The molecule has 1 aliphatic rings. The second-order valence-electron chi connectivity index (χ2n) is 7.52. The van der Waals surface area contributed by atoms with Crippen LogP contribution in [0.5, 0.6) is 5.75 Å². The van der Waals surface area contributed by atoms with E-state index in [1.807, 2.05) is 47.4 Å². The van der Waals surface area contributed by atoms with E-state index in [2.05, 4.69) is 17.4 Å². The number of amides is 2. The van der Waals surface area contributed by atoms with E-state index in [9.17, 15) is 9.59 Å². The molecule has 2 aromatic rings. The van der Waals surface area contributed by atoms with Gasteiger partial charge >= 0.3 is 0 Å². The number of hydrogen-bond acceptors (Lipinski definition) is 3. The molecule has 6 heteroatoms. The fraction of sp³-hybridized carbons (Fsp3) is 0.391. The third-order valence-corrected chi connectivity index (χ3v) is 5.39. The van der Waals surface area contributed by atoms with E-state index in [0.29, 0.717) is 0 Å². The first-order valence-electron chi connectivity index (χ1n) is 10.1. The molecule has 1 aliphatic heterocycles. The summed E-state index contributed by atoms with van der Waals surface area (Å²) in [5.74, 6) is 0.836. The SMILES string of the molecule is COc1ccc(C[NH+]2CCN(C(=O)C[C@@H](NC(C)=O)c3ccccc3)CC2)cc1. The highest BCUT2D eigenvalue weighted by molar-refractivity contribution is 5.79. The van der Waals surface area contributed by atoms with Gasteiger partial charge in [0.15, 0.2) is 0 Å². The monoisotopic (exact) mass is 396 g/mol. The van der Waals surface area contributed by atoms with Gasteiger partial charge < -0.3 is 19.9 Å². The van der Waals surface area contributed by atoms with Crippen LogP contribution in [-0.4, -0.2) is 50.0 Å². The van der Waals surface area contributed by atoms with Gasteiger partial charge in [-0.2, -0.15) is 0 Å². The van der Waals surface area contributed by atoms with Crippen molar-refractivity contribution in [1.82, 2.24) is 10.2 Å². The molecule has 1 fully saturated rings. The molecule has 2 aromatic carbocycles. The van der Waals surface area contributed by atoms with E-state index in [1.165, 1.54) is 17.4 Å². The van der Waals surface area contributed by atoms with Crippen molar-refractivity contribution >= 4 is 11.8 Å². The first-order chi connectivity index (χ1) is 14.0. The molecule has 154 valence electrons. The second kappa shape index (κ2) is 10.1. The summed E-state index contributed by atoms with van der Waals surface area (Å²) in [5.41, 5.74) is 2.23. The Morgan fingerprint density at radius 3 is 2.31 bits per heavy atom. The fourth-order valence-corrected chi connectivity index (χ4v) is 3.77. The summed E-state index contributed by atoms with van der Waals surface area (Å²) < 4.78 is 5.21. The number of methoxy groups -OCH3 is 1. The molecule has 6 nitrogen and oxygen atoms in total. The molecule has 1 saturated heterocycles. The zero-order valence-electron chi connectivity index (χ0n) is 17.2. The number of carbonyl (C=O) groups excluding carboxylic acids is 2. The van der Waals surface area contributed by atoms with Crippen LogP contribution in [0, 0.1) is 0 Å². The number of piperazine rings is 1. The lowest BCUT2D eigenvalue weighted by molar-refractivity contribution is -0.917. The van der Waals surface area contributed by atoms with Gasteiger partial charge in [-0.1, -0.05) is 30.3 Å². The molecule has 0 saturated carbocycles. The maximum atomic E-state index is 12.9. The molecule has 0 bridgehead atoms. The smallest absolute Gasteiger partial charge is 0.225 e. The molecule has 0 spiro atoms. The molecule has 1 heterocycles. The van der Waals surface area contributed by atoms with Crippen LogP contribution in [0.2, 0.25) is 0 Å². The van der Waals surface area contributed by atoms with Crippen molar-refractivity contribution in [3.05, 3.63) is 65.7 Å². The number of hydrogen-bond donors (Lipinski definition) is 2. The van der Waals surface area contributed by atoms with Crippen LogP contribution in [0.15, 0.2) is 54.6 Å². The highest BCUT2D eigenvalue weighted by Gasteiger charge is 2.26. The summed E-state index contributed by atoms with van der Waals surface area (Å²) >= 11 is 0. The number of benzene rings is 2. The molecule has 3 rings (SSSR count). The van der Waals surface area contributed by atoms with E-state index in [4.69, 9.17) is 4.74 Å². The number of carbonyl (C=O) groups is 2. The number of nitrogens with one attached hydrogen (secondary N) is 2. The Bertz CT molecular complexity index is 800. The summed E-state index contributed by atoms with van der Waals surface area (Å²) in [4.78, 5) is 27.8. The summed E-state index contributed by atoms with van der Waals surface area (Å²) in [5, 5.41) is 2.92. The lowest BCUT2D eigenvalue weighted by atomic mass is 10.0. The number of rotatable bonds is 7. The zero-order chi connectivity index (χ0) is 20.6. The van der Waals surface area contributed by atoms with Gasteiger partial charge in [-0.25, -0.2) is 0 Å². The van der Waals surface area contributed by atoms with E-state index >= 15 is 0 Å². The van der Waals surface area contributed by atoms with E-state index < -0.39 is 0 Å². The average molecular weight is 397 g/mol. The normalized spacial score (nSPS) is 15.6. The predicted octanol–water partition coefficient (Wildman–Crippen LogP) is 1.19. The Morgan fingerprint density at radius 2 is 1.72 bits per heavy atom. The Hall–Kier alpha value is -2.86. The van der Waals surface area contributed by atoms with Gasteiger partial charge in [0.25, 0.3) is 0 Å². The van der Waals surface area contributed by atoms with Gasteiger partial charge in [0.2, 0.25) is 11.8 Å². The molecular weight excluding hydrogens is 366 g/mol. The van der Waals surface area contributed by atoms with Crippen molar-refractivity contribution in [2.45, 2.75) is 25.9 Å². The largest absolute Gasteiger partial charge is 0.497 e. The van der Waals surface area contributed by atoms with Gasteiger partial charge in [-0.05, 0) is 29.8 Å². The third-order valence-electron chi connectivity index (χ3n) is 5.39. The topological polar surface area (TPSA) is 63.1 Å². The molecular formula is C23H30N3O3+. The first-order valence-corrected chi connectivity index (χ1v) is 10.1. The van der Waals surface area contributed by atoms with Gasteiger partial charge in [-0.15, -0.1) is 0 Å². The number of quaternary nitrogens is 1. The van der Waals surface area contributed by atoms with Gasteiger partial charge in [0, 0.05) is 12.5 Å². The summed E-state index contributed by atoms with van der Waals surface area (Å²) in [6.07, 6.45) is 0.289. The Kier molecular flexibility index (Phi) is 7.25. The highest BCUT2D eigenvalue weighted by Crippen LogP contribution is 2.18. The molecule has 1 atom stereocenters. The quantitative estimate of drug-likeness (QED) is 0.739. The van der Waals surface area contributed by atoms with Crippen LogP contribution in [0.4, 0.5) is 0 Å². The van der Waals surface area contributed by atoms with Gasteiger partial charge in [0.1, 0.15) is 12.3 Å². The summed E-state index contributed by atoms with van der Waals surface area (Å²) in [6.45, 7) is 5.77. The zero-order valence-corrected chi connectivity index (χ0v) is 17.2. The van der Waals surface area contributed by atoms with Crippen LogP contribution < -0.4 is 15.0 Å². The van der Waals surface area contributed by atoms with Crippen LogP contribution in [0.1, 0.15) is 30.5 Å². The Labute approximate surface area is 172 Å². The van der Waals surface area contributed by atoms with E-state index in [-0.39, 0.29) is 24.3 Å². The van der Waals surface area contributed by atoms with Crippen LogP contribution in [0.3, 0.4) is 0 Å². The van der Waals surface area contributed by atoms with E-state index in [1.54, 1.807) is 7.11 Å². The molecule has 0 aliphatic carbocycles. The minimum Gasteiger partial charge on any atom is -0.497 e. The summed E-state index contributed by atoms with van der Waals surface area (Å²) in [7, 11) is 1.67. The highest BCUT2D eigenvalue weighted by atomic mass is 16.5. The van der Waals surface area contributed by atoms with Crippen LogP contribution in [0.25, 0.3) is 0 Å². The Balaban J connectivity index is 1.52. The fourth-order valence-electron chi connectivity index (χ4n) is 3.77. The lowest BCUT2D eigenvalue weighted by Crippen LogP contribution is -3.13. The molecule has 2 N–H and O–H groups in total. The molecule has 0 unspecified atom stereocenters. The Morgan fingerprint density at radius 1 is 1.07 bits per heavy atom. The minimum absolute atomic E-state index is 0.0936. The number of ether oxygens (including phenoxy) is 1. The molecule has 29 heavy (non-hydrogen) atoms. The molecule has 0 radical (unpaired) electrons. The van der Waals surface area contributed by atoms with Crippen molar-refractivity contribution in [2.24, 2.45) is 0 Å². The first kappa shape index (κ1) is 20.9. The maximum absolute atomic E-state index is 12.9. The molecule has 0 aromatic heterocycles. The number of nitrogens with zero attached hydrogens (tertiary/aromatic N) is 1. The van der Waals surface area contributed by atoms with Gasteiger partial charge in [-0.3, -0.25) is 9.59 Å². The standard InChI is InChI=1S/C23H29N3O3/c1-18(27)24-22(20-6-4-3-5-7-20)16-23(28)26-14-12-25(13-15-26)17-19-8-10-21(29-2)11-9-19/h3-11,22H,12-17H2,1-2H3,(H,24,27)/p+1/t22-/m1/s1. The van der Waals surface area contributed by atoms with E-state index in [0.717, 1.165) is 44.0 Å². The summed E-state index contributed by atoms with van der Waals surface area (Å²) in [6, 6.07) is 17.6. The predicted molar refractivity (Wildman–Crippen MR) is 112 cm³/mol. The van der Waals surface area contributed by atoms with Crippen LogP contribution in [-0.2, 0) is 16.1 Å². The van der Waals surface area contributed by atoms with Crippen molar-refractivity contribution in [3.63, 3.8) is 0 Å².